The molecule has 27 heavy (non-hydrogen) atoms. The smallest absolute Gasteiger partial charge is 0.316 e. The van der Waals surface area contributed by atoms with Crippen molar-refractivity contribution in [1.82, 2.24) is 14.9 Å². The van der Waals surface area contributed by atoms with E-state index in [0.717, 1.165) is 40.1 Å². The van der Waals surface area contributed by atoms with Crippen molar-refractivity contribution in [3.8, 4) is 0 Å². The summed E-state index contributed by atoms with van der Waals surface area (Å²) in [5, 5.41) is 1.79. The Bertz CT molecular complexity index is 842. The third kappa shape index (κ3) is 4.43. The van der Waals surface area contributed by atoms with Crippen LogP contribution in [0.25, 0.3) is 10.2 Å². The second-order valence-electron chi connectivity index (χ2n) is 7.02. The number of thiophene rings is 1. The molecule has 0 aliphatic carbocycles. The molecule has 0 radical (unpaired) electrons. The lowest BCUT2D eigenvalue weighted by molar-refractivity contribution is -0.153. The molecule has 0 N–H and O–H groups in total. The summed E-state index contributed by atoms with van der Waals surface area (Å²) in [5.74, 6) is -0.387. The molecule has 0 saturated carbocycles. The van der Waals surface area contributed by atoms with E-state index in [1.54, 1.807) is 11.3 Å². The van der Waals surface area contributed by atoms with Crippen LogP contribution < -0.4 is 0 Å². The molecule has 0 bridgehead atoms. The van der Waals surface area contributed by atoms with Crippen LogP contribution in [0.5, 0.6) is 0 Å². The van der Waals surface area contributed by atoms with E-state index in [0.29, 0.717) is 0 Å². The molecule has 1 aliphatic rings. The van der Waals surface area contributed by atoms with E-state index in [4.69, 9.17) is 4.74 Å². The number of hydrogen-bond acceptors (Lipinski definition) is 7. The number of nitrogens with zero attached hydrogens (tertiary/aromatic N) is 3. The molecule has 6 nitrogen and oxygen atoms in total. The van der Waals surface area contributed by atoms with Gasteiger partial charge in [0, 0.05) is 22.3 Å². The number of thioether (sulfide) groups is 1. The molecule has 2 aromatic heterocycles. The van der Waals surface area contributed by atoms with Crippen LogP contribution in [0.4, 0.5) is 0 Å². The number of likely N-dealkylation sites (tertiary alicyclic amines) is 1. The highest BCUT2D eigenvalue weighted by Gasteiger charge is 2.29. The van der Waals surface area contributed by atoms with Crippen LogP contribution in [0.15, 0.2) is 11.4 Å². The molecule has 2 atom stereocenters. The van der Waals surface area contributed by atoms with Crippen molar-refractivity contribution >= 4 is 45.2 Å². The van der Waals surface area contributed by atoms with Gasteiger partial charge in [0.25, 0.3) is 5.91 Å². The fourth-order valence-electron chi connectivity index (χ4n) is 3.56. The average molecular weight is 408 g/mol. The first-order chi connectivity index (χ1) is 12.9. The molecule has 1 saturated heterocycles. The van der Waals surface area contributed by atoms with Gasteiger partial charge in [0.1, 0.15) is 16.2 Å². The zero-order chi connectivity index (χ0) is 19.6. The number of piperidine rings is 1. The number of esters is 1. The number of aryl methyl sites for hydroxylation is 2. The SMILES string of the molecule is Cc1sc2ncnc(SCC(=O)OCC(=O)N3[C@H](C)CCC[C@@H]3C)c2c1C. The standard InChI is InChI=1S/C19H25N3O3S2/c1-11-6-5-7-12(2)22(11)15(23)8-25-16(24)9-26-18-17-13(3)14(4)27-19(17)21-10-20-18/h10-12H,5-9H2,1-4H3/t11-,12+. The van der Waals surface area contributed by atoms with Crippen molar-refractivity contribution in [2.24, 2.45) is 0 Å². The molecular formula is C19H25N3O3S2. The maximum atomic E-state index is 12.4. The van der Waals surface area contributed by atoms with E-state index in [1.807, 2.05) is 11.8 Å². The van der Waals surface area contributed by atoms with Crippen LogP contribution in [-0.2, 0) is 14.3 Å². The van der Waals surface area contributed by atoms with E-state index in [9.17, 15) is 9.59 Å². The third-order valence-electron chi connectivity index (χ3n) is 5.10. The van der Waals surface area contributed by atoms with Gasteiger partial charge in [0.05, 0.1) is 5.75 Å². The van der Waals surface area contributed by atoms with Gasteiger partial charge in [-0.05, 0) is 52.5 Å². The summed E-state index contributed by atoms with van der Waals surface area (Å²) in [5.41, 5.74) is 1.15. The van der Waals surface area contributed by atoms with Crippen LogP contribution in [0.3, 0.4) is 0 Å². The number of amides is 1. The van der Waals surface area contributed by atoms with Crippen molar-refractivity contribution in [3.05, 3.63) is 16.8 Å². The Kier molecular flexibility index (Phi) is 6.37. The highest BCUT2D eigenvalue weighted by molar-refractivity contribution is 8.00. The summed E-state index contributed by atoms with van der Waals surface area (Å²) in [7, 11) is 0. The van der Waals surface area contributed by atoms with E-state index in [-0.39, 0.29) is 30.4 Å². The Labute approximate surface area is 167 Å². The monoisotopic (exact) mass is 407 g/mol. The number of carbonyl (C=O) groups excluding carboxylic acids is 2. The number of fused-ring (bicyclic) bond motifs is 1. The Morgan fingerprint density at radius 3 is 2.67 bits per heavy atom. The topological polar surface area (TPSA) is 72.4 Å². The van der Waals surface area contributed by atoms with E-state index in [2.05, 4.69) is 30.7 Å². The first kappa shape index (κ1) is 20.1. The summed E-state index contributed by atoms with van der Waals surface area (Å²) in [6.45, 7) is 8.01. The minimum absolute atomic E-state index is 0.109. The Hall–Kier alpha value is -1.67. The Morgan fingerprint density at radius 2 is 1.96 bits per heavy atom. The van der Waals surface area contributed by atoms with Gasteiger partial charge in [-0.3, -0.25) is 9.59 Å². The fraction of sp³-hybridized carbons (Fsp3) is 0.579. The maximum absolute atomic E-state index is 12.4. The molecule has 1 aliphatic heterocycles. The first-order valence-corrected chi connectivity index (χ1v) is 11.0. The van der Waals surface area contributed by atoms with Gasteiger partial charge in [0.2, 0.25) is 0 Å². The Balaban J connectivity index is 1.55. The van der Waals surface area contributed by atoms with Crippen molar-refractivity contribution in [3.63, 3.8) is 0 Å². The van der Waals surface area contributed by atoms with Crippen LogP contribution in [0.1, 0.15) is 43.6 Å². The highest BCUT2D eigenvalue weighted by atomic mass is 32.2. The molecule has 3 rings (SSSR count). The number of rotatable bonds is 5. The van der Waals surface area contributed by atoms with Crippen LogP contribution >= 0.6 is 23.1 Å². The average Bonchev–Trinajstić information content (AvgIpc) is 2.93. The van der Waals surface area contributed by atoms with E-state index >= 15 is 0 Å². The van der Waals surface area contributed by atoms with Gasteiger partial charge < -0.3 is 9.64 Å². The predicted octanol–water partition coefficient (Wildman–Crippen LogP) is 3.73. The number of carbonyl (C=O) groups is 2. The van der Waals surface area contributed by atoms with Crippen LogP contribution in [0.2, 0.25) is 0 Å². The lowest BCUT2D eigenvalue weighted by Crippen LogP contribution is -2.49. The number of ether oxygens (including phenoxy) is 1. The van der Waals surface area contributed by atoms with Crippen LogP contribution in [0, 0.1) is 13.8 Å². The highest BCUT2D eigenvalue weighted by Crippen LogP contribution is 2.34. The van der Waals surface area contributed by atoms with Gasteiger partial charge >= 0.3 is 5.97 Å². The molecule has 2 aromatic rings. The lowest BCUT2D eigenvalue weighted by Gasteiger charge is -2.38. The van der Waals surface area contributed by atoms with Gasteiger partial charge in [-0.15, -0.1) is 11.3 Å². The van der Waals surface area contributed by atoms with Crippen LogP contribution in [-0.4, -0.2) is 51.2 Å². The molecule has 1 fully saturated rings. The summed E-state index contributed by atoms with van der Waals surface area (Å²) in [6, 6.07) is 0.405. The third-order valence-corrected chi connectivity index (χ3v) is 7.17. The molecule has 8 heteroatoms. The molecule has 3 heterocycles. The van der Waals surface area contributed by atoms with Gasteiger partial charge in [0.15, 0.2) is 6.61 Å². The van der Waals surface area contributed by atoms with Crippen molar-refractivity contribution in [2.45, 2.75) is 64.1 Å². The molecule has 146 valence electrons. The Morgan fingerprint density at radius 1 is 1.26 bits per heavy atom. The maximum Gasteiger partial charge on any atom is 0.316 e. The minimum atomic E-state index is -0.401. The fourth-order valence-corrected chi connectivity index (χ4v) is 5.47. The molecule has 0 spiro atoms. The largest absolute Gasteiger partial charge is 0.455 e. The van der Waals surface area contributed by atoms with E-state index < -0.39 is 5.97 Å². The van der Waals surface area contributed by atoms with Crippen molar-refractivity contribution < 1.29 is 14.3 Å². The van der Waals surface area contributed by atoms with Gasteiger partial charge in [-0.1, -0.05) is 11.8 Å². The number of aromatic nitrogens is 2. The van der Waals surface area contributed by atoms with Gasteiger partial charge in [-0.2, -0.15) is 0 Å². The minimum Gasteiger partial charge on any atom is -0.455 e. The normalized spacial score (nSPS) is 20.1. The molecular weight excluding hydrogens is 382 g/mol. The molecule has 1 amide bonds. The van der Waals surface area contributed by atoms with Gasteiger partial charge in [-0.25, -0.2) is 9.97 Å². The quantitative estimate of drug-likeness (QED) is 0.427. The second-order valence-corrected chi connectivity index (χ2v) is 9.19. The second kappa shape index (κ2) is 8.56. The zero-order valence-electron chi connectivity index (χ0n) is 16.2. The lowest BCUT2D eigenvalue weighted by atomic mass is 9.97. The van der Waals surface area contributed by atoms with Crippen molar-refractivity contribution in [1.29, 1.82) is 0 Å². The zero-order valence-corrected chi connectivity index (χ0v) is 17.8. The predicted molar refractivity (Wildman–Crippen MR) is 108 cm³/mol. The first-order valence-electron chi connectivity index (χ1n) is 9.18. The number of hydrogen-bond donors (Lipinski definition) is 0. The summed E-state index contributed by atoms with van der Waals surface area (Å²) < 4.78 is 5.23. The molecule has 0 aromatic carbocycles. The molecule has 0 unspecified atom stereocenters. The summed E-state index contributed by atoms with van der Waals surface area (Å²) in [6.07, 6.45) is 4.66. The summed E-state index contributed by atoms with van der Waals surface area (Å²) >= 11 is 2.96. The van der Waals surface area contributed by atoms with E-state index in [1.165, 1.54) is 23.0 Å². The summed E-state index contributed by atoms with van der Waals surface area (Å²) in [4.78, 5) is 37.2. The van der Waals surface area contributed by atoms with Crippen molar-refractivity contribution in [2.75, 3.05) is 12.4 Å².